The van der Waals surface area contributed by atoms with E-state index in [0.717, 1.165) is 19.3 Å². The van der Waals surface area contributed by atoms with Crippen molar-refractivity contribution >= 4 is 10.8 Å². The van der Waals surface area contributed by atoms with Crippen LogP contribution < -0.4 is 4.57 Å². The first-order valence-electron chi connectivity index (χ1n) is 14.2. The zero-order valence-electron chi connectivity index (χ0n) is 24.4. The Balaban J connectivity index is 2.00. The number of aromatic nitrogens is 1. The molecule has 0 aliphatic heterocycles. The molecule has 1 heteroatoms. The van der Waals surface area contributed by atoms with Crippen LogP contribution >= 0.6 is 0 Å². The fourth-order valence-corrected chi connectivity index (χ4v) is 6.37. The number of aryl methyl sites for hydroxylation is 1. The molecule has 0 amide bonds. The first-order chi connectivity index (χ1) is 17.4. The summed E-state index contributed by atoms with van der Waals surface area (Å²) in [6.45, 7) is 18.7. The summed E-state index contributed by atoms with van der Waals surface area (Å²) in [5.41, 5.74) is 13.0. The molecule has 1 heterocycles. The molecule has 0 spiro atoms. The summed E-state index contributed by atoms with van der Waals surface area (Å²) in [5, 5.41) is 2.73. The van der Waals surface area contributed by atoms with E-state index in [1.807, 2.05) is 0 Å². The van der Waals surface area contributed by atoms with E-state index in [2.05, 4.69) is 128 Å². The molecular formula is C36H44N+. The van der Waals surface area contributed by atoms with Crippen LogP contribution in [0.5, 0.6) is 0 Å². The number of nitrogens with zero attached hydrogens (tertiary/aromatic N) is 1. The van der Waals surface area contributed by atoms with Crippen molar-refractivity contribution in [3.05, 3.63) is 77.5 Å². The van der Waals surface area contributed by atoms with Gasteiger partial charge >= 0.3 is 0 Å². The zero-order chi connectivity index (χ0) is 26.7. The van der Waals surface area contributed by atoms with Crippen LogP contribution in [0.25, 0.3) is 44.3 Å². The highest BCUT2D eigenvalue weighted by Crippen LogP contribution is 2.50. The highest BCUT2D eigenvalue weighted by Gasteiger charge is 2.32. The minimum atomic E-state index is 0.0809. The van der Waals surface area contributed by atoms with Gasteiger partial charge in [-0.05, 0) is 86.4 Å². The average Bonchev–Trinajstić information content (AvgIpc) is 2.95. The molecule has 0 atom stereocenters. The Hall–Kier alpha value is -2.93. The van der Waals surface area contributed by atoms with Crippen LogP contribution in [-0.4, -0.2) is 0 Å². The number of fused-ring (bicyclic) bond motifs is 5. The molecule has 192 valence electrons. The highest BCUT2D eigenvalue weighted by molar-refractivity contribution is 6.12. The van der Waals surface area contributed by atoms with Gasteiger partial charge < -0.3 is 0 Å². The lowest BCUT2D eigenvalue weighted by atomic mass is 9.80. The first-order valence-corrected chi connectivity index (χ1v) is 14.2. The third-order valence-electron chi connectivity index (χ3n) is 8.23. The lowest BCUT2D eigenvalue weighted by molar-refractivity contribution is -0.659. The minimum Gasteiger partial charge on any atom is -0.200 e. The quantitative estimate of drug-likeness (QED) is 0.221. The van der Waals surface area contributed by atoms with Crippen molar-refractivity contribution in [3.63, 3.8) is 0 Å². The smallest absolute Gasteiger partial charge is 0.200 e. The van der Waals surface area contributed by atoms with E-state index in [-0.39, 0.29) is 10.8 Å². The van der Waals surface area contributed by atoms with E-state index in [1.54, 1.807) is 0 Å². The number of benzene rings is 3. The molecule has 0 unspecified atom stereocenters. The third kappa shape index (κ3) is 4.52. The predicted octanol–water partition coefficient (Wildman–Crippen LogP) is 9.77. The average molecular weight is 491 g/mol. The Bertz CT molecular complexity index is 1490. The summed E-state index contributed by atoms with van der Waals surface area (Å²) in [4.78, 5) is 0. The Labute approximate surface area is 224 Å². The number of rotatable bonds is 4. The third-order valence-corrected chi connectivity index (χ3v) is 8.23. The highest BCUT2D eigenvalue weighted by atomic mass is 14.9. The molecule has 0 N–H and O–H groups in total. The second-order valence-electron chi connectivity index (χ2n) is 13.4. The molecular weight excluding hydrogens is 446 g/mol. The summed E-state index contributed by atoms with van der Waals surface area (Å²) in [6, 6.07) is 21.4. The van der Waals surface area contributed by atoms with E-state index in [4.69, 9.17) is 0 Å². The first kappa shape index (κ1) is 25.7. The SMILES string of the molecule is CCC(CC)c1cc(CC(C)(C)C)cc2c1-c1c3c(cc(C(C)(C)C)cc3cc[n+]1C)-c1ccccc1-2. The van der Waals surface area contributed by atoms with Gasteiger partial charge in [0, 0.05) is 6.07 Å². The van der Waals surface area contributed by atoms with Crippen LogP contribution in [0.4, 0.5) is 0 Å². The lowest BCUT2D eigenvalue weighted by Gasteiger charge is -2.24. The van der Waals surface area contributed by atoms with E-state index in [0.29, 0.717) is 5.92 Å². The number of hydrogen-bond acceptors (Lipinski definition) is 0. The maximum atomic E-state index is 2.55. The van der Waals surface area contributed by atoms with Gasteiger partial charge in [-0.15, -0.1) is 0 Å². The fraction of sp³-hybridized carbons (Fsp3) is 0.417. The zero-order valence-corrected chi connectivity index (χ0v) is 24.4. The number of pyridine rings is 1. The van der Waals surface area contributed by atoms with Gasteiger partial charge in [-0.2, -0.15) is 0 Å². The molecule has 0 radical (unpaired) electrons. The van der Waals surface area contributed by atoms with Gasteiger partial charge in [-0.1, -0.05) is 97.9 Å². The monoisotopic (exact) mass is 490 g/mol. The van der Waals surface area contributed by atoms with Gasteiger partial charge in [-0.25, -0.2) is 4.57 Å². The summed E-state index contributed by atoms with van der Waals surface area (Å²) in [7, 11) is 2.23. The van der Waals surface area contributed by atoms with Crippen molar-refractivity contribution < 1.29 is 4.57 Å². The molecule has 1 aliphatic rings. The van der Waals surface area contributed by atoms with Gasteiger partial charge in [0.25, 0.3) is 0 Å². The molecule has 1 aliphatic carbocycles. The van der Waals surface area contributed by atoms with E-state index >= 15 is 0 Å². The Kier molecular flexibility index (Phi) is 6.34. The summed E-state index contributed by atoms with van der Waals surface area (Å²) < 4.78 is 2.38. The van der Waals surface area contributed by atoms with Crippen molar-refractivity contribution in [3.8, 4) is 33.5 Å². The molecule has 4 aromatic rings. The molecule has 3 aromatic carbocycles. The van der Waals surface area contributed by atoms with Gasteiger partial charge in [-0.3, -0.25) is 0 Å². The van der Waals surface area contributed by atoms with Gasteiger partial charge in [0.15, 0.2) is 6.20 Å². The maximum absolute atomic E-state index is 2.55. The molecule has 1 nitrogen and oxygen atoms in total. The maximum Gasteiger partial charge on any atom is 0.221 e. The lowest BCUT2D eigenvalue weighted by Crippen LogP contribution is -2.31. The van der Waals surface area contributed by atoms with Crippen molar-refractivity contribution in [1.29, 1.82) is 0 Å². The van der Waals surface area contributed by atoms with Crippen molar-refractivity contribution in [2.24, 2.45) is 12.5 Å². The van der Waals surface area contributed by atoms with Crippen molar-refractivity contribution in [1.82, 2.24) is 0 Å². The van der Waals surface area contributed by atoms with Crippen LogP contribution in [0.1, 0.15) is 90.8 Å². The molecule has 37 heavy (non-hydrogen) atoms. The second kappa shape index (κ2) is 9.12. The standard InChI is InChI=1S/C36H44N/c1-10-24(11-2)29-18-23(22-35(3,4)5)19-30-27-14-12-13-15-28(27)31-21-26(36(6,7)8)20-25-16-17-37(9)34(32(25)31)33(29)30/h12-21,24H,10-11,22H2,1-9H3/q+1. The van der Waals surface area contributed by atoms with Crippen LogP contribution in [0.15, 0.2) is 60.8 Å². The molecule has 0 saturated carbocycles. The van der Waals surface area contributed by atoms with E-state index in [9.17, 15) is 0 Å². The Morgan fingerprint density at radius 3 is 2.00 bits per heavy atom. The van der Waals surface area contributed by atoms with Gasteiger partial charge in [0.2, 0.25) is 5.69 Å². The second-order valence-corrected chi connectivity index (χ2v) is 13.4. The van der Waals surface area contributed by atoms with Gasteiger partial charge in [0.1, 0.15) is 7.05 Å². The Morgan fingerprint density at radius 2 is 1.41 bits per heavy atom. The van der Waals surface area contributed by atoms with E-state index in [1.165, 1.54) is 61.0 Å². The molecule has 5 rings (SSSR count). The summed E-state index contributed by atoms with van der Waals surface area (Å²) in [5.74, 6) is 0.534. The summed E-state index contributed by atoms with van der Waals surface area (Å²) in [6.07, 6.45) is 5.65. The fourth-order valence-electron chi connectivity index (χ4n) is 6.37. The largest absolute Gasteiger partial charge is 0.221 e. The number of hydrogen-bond donors (Lipinski definition) is 0. The van der Waals surface area contributed by atoms with Crippen LogP contribution in [-0.2, 0) is 18.9 Å². The van der Waals surface area contributed by atoms with Crippen LogP contribution in [0.2, 0.25) is 0 Å². The predicted molar refractivity (Wildman–Crippen MR) is 160 cm³/mol. The molecule has 1 aromatic heterocycles. The molecule has 0 fully saturated rings. The topological polar surface area (TPSA) is 3.88 Å². The Morgan fingerprint density at radius 1 is 0.757 bits per heavy atom. The van der Waals surface area contributed by atoms with Crippen LogP contribution in [0, 0.1) is 5.41 Å². The van der Waals surface area contributed by atoms with E-state index < -0.39 is 0 Å². The minimum absolute atomic E-state index is 0.0809. The van der Waals surface area contributed by atoms with Crippen LogP contribution in [0.3, 0.4) is 0 Å². The summed E-state index contributed by atoms with van der Waals surface area (Å²) >= 11 is 0. The molecule has 0 saturated heterocycles. The van der Waals surface area contributed by atoms with Gasteiger partial charge in [0.05, 0.1) is 10.9 Å². The van der Waals surface area contributed by atoms with Crippen molar-refractivity contribution in [2.45, 2.75) is 86.0 Å². The normalized spacial score (nSPS) is 13.0. The molecule has 0 bridgehead atoms. The van der Waals surface area contributed by atoms with Crippen molar-refractivity contribution in [2.75, 3.05) is 0 Å².